The van der Waals surface area contributed by atoms with Crippen LogP contribution in [0.1, 0.15) is 54.0 Å². The number of halogens is 2. The summed E-state index contributed by atoms with van der Waals surface area (Å²) in [6, 6.07) is 20.1. The van der Waals surface area contributed by atoms with Crippen molar-refractivity contribution in [1.29, 1.82) is 0 Å². The van der Waals surface area contributed by atoms with E-state index < -0.39 is 35.3 Å². The normalized spacial score (nSPS) is 12.0. The molecule has 4 aromatic rings. The molecule has 2 amide bonds. The predicted molar refractivity (Wildman–Crippen MR) is 156 cm³/mol. The Kier molecular flexibility index (Phi) is 9.39. The maximum Gasteiger partial charge on any atom is 0.338 e. The maximum atomic E-state index is 14.1. The molecule has 1 unspecified atom stereocenters. The standard InChI is InChI=1S/C32H31F2N3O3S/c1-20-9-5-6-13-28(20)41-37-31(39)36-27(17-21-15-24(33)19-25(34)16-21)29-26(12-8-14-35-29)22-10-7-11-23(18-22)30(38)40-32(2,3)4/h5-16,18-19,27H,17H2,1-4H3,(H2,36,37,39). The summed E-state index contributed by atoms with van der Waals surface area (Å²) in [6.45, 7) is 7.32. The summed E-state index contributed by atoms with van der Waals surface area (Å²) in [6.07, 6.45) is 1.64. The topological polar surface area (TPSA) is 80.3 Å². The van der Waals surface area contributed by atoms with Gasteiger partial charge < -0.3 is 10.1 Å². The highest BCUT2D eigenvalue weighted by molar-refractivity contribution is 7.98. The number of esters is 1. The van der Waals surface area contributed by atoms with Crippen LogP contribution in [0.5, 0.6) is 0 Å². The molecule has 0 aliphatic rings. The molecule has 1 atom stereocenters. The lowest BCUT2D eigenvalue weighted by molar-refractivity contribution is 0.00695. The third kappa shape index (κ3) is 8.38. The highest BCUT2D eigenvalue weighted by Gasteiger charge is 2.23. The Bertz CT molecular complexity index is 1540. The highest BCUT2D eigenvalue weighted by atomic mass is 32.2. The van der Waals surface area contributed by atoms with Crippen molar-refractivity contribution in [3.8, 4) is 11.1 Å². The molecule has 212 valence electrons. The van der Waals surface area contributed by atoms with E-state index in [9.17, 15) is 18.4 Å². The molecular weight excluding hydrogens is 544 g/mol. The number of carbonyl (C=O) groups excluding carboxylic acids is 2. The van der Waals surface area contributed by atoms with Crippen LogP contribution in [0, 0.1) is 18.6 Å². The third-order valence-corrected chi connectivity index (χ3v) is 6.96. The first-order valence-electron chi connectivity index (χ1n) is 13.0. The fraction of sp³-hybridized carbons (Fsp3) is 0.219. The minimum atomic E-state index is -0.768. The minimum Gasteiger partial charge on any atom is -0.456 e. The van der Waals surface area contributed by atoms with Crippen LogP contribution in [0.4, 0.5) is 13.6 Å². The molecule has 0 bridgehead atoms. The summed E-state index contributed by atoms with van der Waals surface area (Å²) in [7, 11) is 0. The number of ether oxygens (including phenoxy) is 1. The predicted octanol–water partition coefficient (Wildman–Crippen LogP) is 7.58. The minimum absolute atomic E-state index is 0.0624. The molecule has 0 spiro atoms. The van der Waals surface area contributed by atoms with Crippen molar-refractivity contribution in [2.75, 3.05) is 0 Å². The van der Waals surface area contributed by atoms with E-state index in [0.717, 1.165) is 28.5 Å². The summed E-state index contributed by atoms with van der Waals surface area (Å²) in [5.41, 5.74) is 2.83. The number of pyridine rings is 1. The van der Waals surface area contributed by atoms with Crippen molar-refractivity contribution >= 4 is 23.9 Å². The summed E-state index contributed by atoms with van der Waals surface area (Å²) < 4.78 is 36.4. The van der Waals surface area contributed by atoms with Crippen LogP contribution in [-0.4, -0.2) is 22.6 Å². The van der Waals surface area contributed by atoms with E-state index in [-0.39, 0.29) is 6.42 Å². The second-order valence-electron chi connectivity index (χ2n) is 10.5. The number of carbonyl (C=O) groups is 2. The van der Waals surface area contributed by atoms with Crippen molar-refractivity contribution in [3.63, 3.8) is 0 Å². The fourth-order valence-corrected chi connectivity index (χ4v) is 4.87. The second-order valence-corrected chi connectivity index (χ2v) is 11.3. The van der Waals surface area contributed by atoms with E-state index in [4.69, 9.17) is 4.74 Å². The summed E-state index contributed by atoms with van der Waals surface area (Å²) in [5, 5.41) is 2.92. The van der Waals surface area contributed by atoms with Gasteiger partial charge in [-0.3, -0.25) is 9.71 Å². The van der Waals surface area contributed by atoms with Gasteiger partial charge in [0.15, 0.2) is 0 Å². The summed E-state index contributed by atoms with van der Waals surface area (Å²) in [4.78, 5) is 31.3. The molecular formula is C32H31F2N3O3S. The zero-order chi connectivity index (χ0) is 29.6. The van der Waals surface area contributed by atoms with Crippen LogP contribution in [0.3, 0.4) is 0 Å². The largest absolute Gasteiger partial charge is 0.456 e. The monoisotopic (exact) mass is 575 g/mol. The number of rotatable bonds is 8. The number of urea groups is 1. The molecule has 6 nitrogen and oxygen atoms in total. The zero-order valence-electron chi connectivity index (χ0n) is 23.2. The van der Waals surface area contributed by atoms with Gasteiger partial charge in [0.1, 0.15) is 17.2 Å². The number of aryl methyl sites for hydroxylation is 1. The van der Waals surface area contributed by atoms with Crippen molar-refractivity contribution in [2.45, 2.75) is 50.7 Å². The Morgan fingerprint density at radius 2 is 1.68 bits per heavy atom. The Hall–Kier alpha value is -4.24. The maximum absolute atomic E-state index is 14.1. The van der Waals surface area contributed by atoms with E-state index in [2.05, 4.69) is 15.0 Å². The van der Waals surface area contributed by atoms with Crippen LogP contribution in [0.25, 0.3) is 11.1 Å². The van der Waals surface area contributed by atoms with Crippen molar-refractivity contribution < 1.29 is 23.1 Å². The number of nitrogens with zero attached hydrogens (tertiary/aromatic N) is 1. The molecule has 0 saturated heterocycles. The molecule has 0 fully saturated rings. The van der Waals surface area contributed by atoms with E-state index in [1.807, 2.05) is 43.3 Å². The van der Waals surface area contributed by atoms with Gasteiger partial charge in [-0.15, -0.1) is 0 Å². The van der Waals surface area contributed by atoms with Gasteiger partial charge in [0.2, 0.25) is 0 Å². The number of hydrogen-bond donors (Lipinski definition) is 2. The quantitative estimate of drug-likeness (QED) is 0.167. The van der Waals surface area contributed by atoms with Gasteiger partial charge in [-0.05, 0) is 99.2 Å². The molecule has 2 N–H and O–H groups in total. The Labute approximate surface area is 242 Å². The highest BCUT2D eigenvalue weighted by Crippen LogP contribution is 2.30. The molecule has 0 aliphatic heterocycles. The van der Waals surface area contributed by atoms with Crippen LogP contribution >= 0.6 is 11.9 Å². The second kappa shape index (κ2) is 13.0. The smallest absolute Gasteiger partial charge is 0.338 e. The molecule has 1 heterocycles. The molecule has 4 rings (SSSR count). The summed E-state index contributed by atoms with van der Waals surface area (Å²) >= 11 is 1.16. The molecule has 1 aromatic heterocycles. The lowest BCUT2D eigenvalue weighted by Gasteiger charge is -2.22. The molecule has 0 aliphatic carbocycles. The van der Waals surface area contributed by atoms with Crippen LogP contribution in [0.2, 0.25) is 0 Å². The molecule has 41 heavy (non-hydrogen) atoms. The SMILES string of the molecule is Cc1ccccc1SNC(=O)NC(Cc1cc(F)cc(F)c1)c1ncccc1-c1cccc(C(=O)OC(C)(C)C)c1. The number of amides is 2. The Morgan fingerprint density at radius 3 is 2.39 bits per heavy atom. The van der Waals surface area contributed by atoms with Crippen LogP contribution < -0.4 is 10.0 Å². The van der Waals surface area contributed by atoms with Crippen molar-refractivity contribution in [3.05, 3.63) is 119 Å². The van der Waals surface area contributed by atoms with Gasteiger partial charge in [-0.2, -0.15) is 0 Å². The van der Waals surface area contributed by atoms with Gasteiger partial charge in [0.05, 0.1) is 17.3 Å². The van der Waals surface area contributed by atoms with Gasteiger partial charge in [0, 0.05) is 22.7 Å². The van der Waals surface area contributed by atoms with Crippen molar-refractivity contribution in [2.24, 2.45) is 0 Å². The molecule has 0 saturated carbocycles. The van der Waals surface area contributed by atoms with Crippen LogP contribution in [0.15, 0.2) is 90.0 Å². The van der Waals surface area contributed by atoms with Gasteiger partial charge in [-0.25, -0.2) is 18.4 Å². The number of nitrogens with one attached hydrogen (secondary N) is 2. The van der Waals surface area contributed by atoms with Gasteiger partial charge in [0.25, 0.3) is 0 Å². The van der Waals surface area contributed by atoms with Crippen LogP contribution in [-0.2, 0) is 11.2 Å². The third-order valence-electron chi connectivity index (χ3n) is 5.99. The molecule has 3 aromatic carbocycles. The first-order valence-corrected chi connectivity index (χ1v) is 13.8. The fourth-order valence-electron chi connectivity index (χ4n) is 4.23. The lowest BCUT2D eigenvalue weighted by atomic mass is 9.94. The van der Waals surface area contributed by atoms with Gasteiger partial charge >= 0.3 is 12.0 Å². The van der Waals surface area contributed by atoms with E-state index >= 15 is 0 Å². The Balaban J connectivity index is 1.67. The summed E-state index contributed by atoms with van der Waals surface area (Å²) in [5.74, 6) is -1.91. The lowest BCUT2D eigenvalue weighted by Crippen LogP contribution is -2.36. The van der Waals surface area contributed by atoms with E-state index in [1.54, 1.807) is 51.2 Å². The van der Waals surface area contributed by atoms with E-state index in [1.165, 1.54) is 12.1 Å². The molecule has 0 radical (unpaired) electrons. The zero-order valence-corrected chi connectivity index (χ0v) is 24.0. The average Bonchev–Trinajstić information content (AvgIpc) is 2.91. The van der Waals surface area contributed by atoms with E-state index in [0.29, 0.717) is 27.9 Å². The van der Waals surface area contributed by atoms with Gasteiger partial charge in [-0.1, -0.05) is 36.4 Å². The first-order chi connectivity index (χ1) is 19.5. The average molecular weight is 576 g/mol. The number of hydrogen-bond acceptors (Lipinski definition) is 5. The number of aromatic nitrogens is 1. The first kappa shape index (κ1) is 29.7. The number of benzene rings is 3. The molecule has 9 heteroatoms. The van der Waals surface area contributed by atoms with Crippen molar-refractivity contribution in [1.82, 2.24) is 15.0 Å². The Morgan fingerprint density at radius 1 is 0.951 bits per heavy atom.